The van der Waals surface area contributed by atoms with Crippen LogP contribution < -0.4 is 0 Å². The molecular weight excluding hydrogens is 183 g/mol. The monoisotopic (exact) mass is 190 g/mol. The zero-order chi connectivity index (χ0) is 9.97. The van der Waals surface area contributed by atoms with Crippen molar-refractivity contribution in [3.63, 3.8) is 0 Å². The molecule has 0 fully saturated rings. The molecule has 70 valence electrons. The summed E-state index contributed by atoms with van der Waals surface area (Å²) in [6.45, 7) is 0. The van der Waals surface area contributed by atoms with Gasteiger partial charge in [0.2, 0.25) is 0 Å². The molecule has 2 nitrogen and oxygen atoms in total. The Morgan fingerprint density at radius 2 is 2.14 bits per heavy atom. The van der Waals surface area contributed by atoms with E-state index >= 15 is 0 Å². The van der Waals surface area contributed by atoms with E-state index < -0.39 is 5.82 Å². The van der Waals surface area contributed by atoms with Gasteiger partial charge in [-0.15, -0.1) is 0 Å². The highest BCUT2D eigenvalue weighted by Crippen LogP contribution is 2.21. The highest BCUT2D eigenvalue weighted by molar-refractivity contribution is 5.78. The number of carbonyl (C=O) groups excluding carboxylic acids is 1. The number of hydrogen-bond donors (Lipinski definition) is 0. The van der Waals surface area contributed by atoms with Crippen LogP contribution in [-0.4, -0.2) is 6.29 Å². The molecule has 0 unspecified atom stereocenters. The van der Waals surface area contributed by atoms with Crippen molar-refractivity contribution in [1.82, 2.24) is 0 Å². The average molecular weight is 190 g/mol. The van der Waals surface area contributed by atoms with Crippen molar-refractivity contribution < 1.29 is 13.6 Å². The van der Waals surface area contributed by atoms with Crippen LogP contribution in [0.15, 0.2) is 41.0 Å². The molecule has 3 heteroatoms. The minimum atomic E-state index is -0.444. The lowest BCUT2D eigenvalue weighted by Crippen LogP contribution is -1.85. The summed E-state index contributed by atoms with van der Waals surface area (Å²) in [6, 6.07) is 7.50. The van der Waals surface area contributed by atoms with E-state index in [0.29, 0.717) is 23.2 Å². The largest absolute Gasteiger partial charge is 0.464 e. The van der Waals surface area contributed by atoms with E-state index in [0.717, 1.165) is 0 Å². The van der Waals surface area contributed by atoms with Gasteiger partial charge < -0.3 is 4.42 Å². The second-order valence-corrected chi connectivity index (χ2v) is 2.87. The first-order valence-electron chi connectivity index (χ1n) is 4.09. The SMILES string of the molecule is O=Cc1cc(F)cc(-c2ccco2)c1. The standard InChI is InChI=1S/C11H7FO2/c12-10-5-8(7-13)4-9(6-10)11-2-1-3-14-11/h1-7H. The van der Waals surface area contributed by atoms with Crippen LogP contribution in [0.1, 0.15) is 10.4 Å². The number of furan rings is 1. The van der Waals surface area contributed by atoms with Crippen molar-refractivity contribution in [1.29, 1.82) is 0 Å². The van der Waals surface area contributed by atoms with Crippen molar-refractivity contribution >= 4 is 6.29 Å². The summed E-state index contributed by atoms with van der Waals surface area (Å²) >= 11 is 0. The fourth-order valence-electron chi connectivity index (χ4n) is 1.27. The van der Waals surface area contributed by atoms with Crippen LogP contribution in [0.25, 0.3) is 11.3 Å². The number of benzene rings is 1. The van der Waals surface area contributed by atoms with Gasteiger partial charge in [0.1, 0.15) is 17.9 Å². The summed E-state index contributed by atoms with van der Waals surface area (Å²) in [6.07, 6.45) is 2.11. The van der Waals surface area contributed by atoms with Crippen molar-refractivity contribution in [3.8, 4) is 11.3 Å². The van der Waals surface area contributed by atoms with Crippen molar-refractivity contribution in [3.05, 3.63) is 48.0 Å². The summed E-state index contributed by atoms with van der Waals surface area (Å²) < 4.78 is 18.1. The Kier molecular flexibility index (Phi) is 2.14. The Hall–Kier alpha value is -1.90. The average Bonchev–Trinajstić information content (AvgIpc) is 2.69. The van der Waals surface area contributed by atoms with Gasteiger partial charge in [-0.2, -0.15) is 0 Å². The first-order chi connectivity index (χ1) is 6.79. The normalized spacial score (nSPS) is 10.1. The zero-order valence-corrected chi connectivity index (χ0v) is 7.24. The Bertz CT molecular complexity index is 446. The van der Waals surface area contributed by atoms with Gasteiger partial charge in [-0.1, -0.05) is 0 Å². The van der Waals surface area contributed by atoms with Gasteiger partial charge >= 0.3 is 0 Å². The van der Waals surface area contributed by atoms with E-state index in [1.807, 2.05) is 0 Å². The number of aldehydes is 1. The third-order valence-corrected chi connectivity index (χ3v) is 1.86. The molecule has 2 rings (SSSR count). The molecule has 1 aromatic heterocycles. The number of carbonyl (C=O) groups is 1. The molecule has 0 aliphatic heterocycles. The van der Waals surface area contributed by atoms with E-state index in [1.54, 1.807) is 18.2 Å². The highest BCUT2D eigenvalue weighted by Gasteiger charge is 2.04. The van der Waals surface area contributed by atoms with E-state index in [9.17, 15) is 9.18 Å². The fourth-order valence-corrected chi connectivity index (χ4v) is 1.27. The number of rotatable bonds is 2. The van der Waals surface area contributed by atoms with Crippen LogP contribution in [0.3, 0.4) is 0 Å². The lowest BCUT2D eigenvalue weighted by atomic mass is 10.1. The molecule has 0 N–H and O–H groups in total. The molecule has 0 spiro atoms. The molecule has 2 aromatic rings. The van der Waals surface area contributed by atoms with E-state index in [1.165, 1.54) is 18.4 Å². The molecule has 0 bridgehead atoms. The van der Waals surface area contributed by atoms with Crippen molar-refractivity contribution in [2.24, 2.45) is 0 Å². The smallest absolute Gasteiger partial charge is 0.150 e. The third-order valence-electron chi connectivity index (χ3n) is 1.86. The molecular formula is C11H7FO2. The first-order valence-corrected chi connectivity index (χ1v) is 4.09. The maximum Gasteiger partial charge on any atom is 0.150 e. The van der Waals surface area contributed by atoms with Gasteiger partial charge in [-0.3, -0.25) is 4.79 Å². The van der Waals surface area contributed by atoms with Crippen LogP contribution in [0.2, 0.25) is 0 Å². The second-order valence-electron chi connectivity index (χ2n) is 2.87. The topological polar surface area (TPSA) is 30.2 Å². The van der Waals surface area contributed by atoms with Crippen LogP contribution in [0, 0.1) is 5.82 Å². The maximum absolute atomic E-state index is 13.0. The third kappa shape index (κ3) is 1.57. The highest BCUT2D eigenvalue weighted by atomic mass is 19.1. The predicted molar refractivity (Wildman–Crippen MR) is 49.5 cm³/mol. The van der Waals surface area contributed by atoms with Gasteiger partial charge in [0, 0.05) is 11.1 Å². The maximum atomic E-state index is 13.0. The van der Waals surface area contributed by atoms with Crippen molar-refractivity contribution in [2.75, 3.05) is 0 Å². The number of halogens is 1. The van der Waals surface area contributed by atoms with Crippen LogP contribution >= 0.6 is 0 Å². The van der Waals surface area contributed by atoms with Crippen LogP contribution in [-0.2, 0) is 0 Å². The van der Waals surface area contributed by atoms with Crippen LogP contribution in [0.4, 0.5) is 4.39 Å². The van der Waals surface area contributed by atoms with Gasteiger partial charge in [-0.05, 0) is 30.3 Å². The minimum Gasteiger partial charge on any atom is -0.464 e. The quantitative estimate of drug-likeness (QED) is 0.681. The predicted octanol–water partition coefficient (Wildman–Crippen LogP) is 2.90. The molecule has 14 heavy (non-hydrogen) atoms. The summed E-state index contributed by atoms with van der Waals surface area (Å²) in [5.74, 6) is 0.105. The molecule has 1 heterocycles. The van der Waals surface area contributed by atoms with Crippen molar-refractivity contribution in [2.45, 2.75) is 0 Å². The summed E-state index contributed by atoms with van der Waals surface area (Å²) in [5.41, 5.74) is 0.869. The zero-order valence-electron chi connectivity index (χ0n) is 7.24. The summed E-state index contributed by atoms with van der Waals surface area (Å²) in [4.78, 5) is 10.5. The van der Waals surface area contributed by atoms with E-state index in [4.69, 9.17) is 4.42 Å². The van der Waals surface area contributed by atoms with E-state index in [-0.39, 0.29) is 0 Å². The Morgan fingerprint density at radius 3 is 2.79 bits per heavy atom. The van der Waals surface area contributed by atoms with Gasteiger partial charge in [0.05, 0.1) is 6.26 Å². The first kappa shape index (κ1) is 8.69. The Balaban J connectivity index is 2.54. The van der Waals surface area contributed by atoms with Gasteiger partial charge in [0.25, 0.3) is 0 Å². The lowest BCUT2D eigenvalue weighted by Gasteiger charge is -1.98. The molecule has 0 atom stereocenters. The molecule has 1 aromatic carbocycles. The molecule has 0 radical (unpaired) electrons. The van der Waals surface area contributed by atoms with E-state index in [2.05, 4.69) is 0 Å². The Morgan fingerprint density at radius 1 is 1.29 bits per heavy atom. The fraction of sp³-hybridized carbons (Fsp3) is 0. The molecule has 0 aliphatic carbocycles. The molecule has 0 saturated heterocycles. The molecule has 0 saturated carbocycles. The molecule has 0 amide bonds. The van der Waals surface area contributed by atoms with Gasteiger partial charge in [0.15, 0.2) is 0 Å². The Labute approximate surface area is 80.0 Å². The summed E-state index contributed by atoms with van der Waals surface area (Å²) in [7, 11) is 0. The lowest BCUT2D eigenvalue weighted by molar-refractivity contribution is 0.112. The minimum absolute atomic E-state index is 0.302. The molecule has 0 aliphatic rings. The summed E-state index contributed by atoms with van der Waals surface area (Å²) in [5, 5.41) is 0. The second kappa shape index (κ2) is 3.46. The van der Waals surface area contributed by atoms with Crippen LogP contribution in [0.5, 0.6) is 0 Å². The number of hydrogen-bond acceptors (Lipinski definition) is 2. The van der Waals surface area contributed by atoms with Gasteiger partial charge in [-0.25, -0.2) is 4.39 Å².